The maximum absolute atomic E-state index is 11.7. The van der Waals surface area contributed by atoms with Gasteiger partial charge in [-0.25, -0.2) is 0 Å². The van der Waals surface area contributed by atoms with Crippen LogP contribution >= 0.6 is 0 Å². The second-order valence-corrected chi connectivity index (χ2v) is 4.62. The Morgan fingerprint density at radius 3 is 2.47 bits per heavy atom. The molecule has 0 saturated carbocycles. The summed E-state index contributed by atoms with van der Waals surface area (Å²) in [6, 6.07) is -0.156. The molecule has 17 heavy (non-hydrogen) atoms. The number of carbonyl (C=O) groups excluding carboxylic acids is 1. The molecule has 0 bridgehead atoms. The lowest BCUT2D eigenvalue weighted by molar-refractivity contribution is -0.143. The molecule has 0 aromatic heterocycles. The van der Waals surface area contributed by atoms with Crippen LogP contribution in [0.1, 0.15) is 33.1 Å². The van der Waals surface area contributed by atoms with E-state index in [0.717, 1.165) is 6.42 Å². The molecule has 1 fully saturated rings. The summed E-state index contributed by atoms with van der Waals surface area (Å²) in [5.74, 6) is -0.912. The van der Waals surface area contributed by atoms with E-state index in [-0.39, 0.29) is 17.9 Å². The Bertz CT molecular complexity index is 273. The molecular weight excluding hydrogens is 220 g/mol. The highest BCUT2D eigenvalue weighted by Crippen LogP contribution is 2.19. The average molecular weight is 242 g/mol. The Balaban J connectivity index is 2.37. The fourth-order valence-electron chi connectivity index (χ4n) is 2.10. The van der Waals surface area contributed by atoms with Crippen LogP contribution in [0.5, 0.6) is 0 Å². The molecule has 1 aliphatic heterocycles. The molecular formula is C12H22N2O3. The van der Waals surface area contributed by atoms with Crippen LogP contribution in [0.2, 0.25) is 0 Å². The van der Waals surface area contributed by atoms with Gasteiger partial charge in [0, 0.05) is 6.54 Å². The predicted molar refractivity (Wildman–Crippen MR) is 64.7 cm³/mol. The molecule has 5 nitrogen and oxygen atoms in total. The normalized spacial score (nSPS) is 19.9. The van der Waals surface area contributed by atoms with E-state index >= 15 is 0 Å². The summed E-state index contributed by atoms with van der Waals surface area (Å²) < 4.78 is 0. The zero-order valence-corrected chi connectivity index (χ0v) is 10.6. The van der Waals surface area contributed by atoms with Gasteiger partial charge < -0.3 is 10.4 Å². The molecule has 0 aromatic carbocycles. The maximum Gasteiger partial charge on any atom is 0.306 e. The fourth-order valence-corrected chi connectivity index (χ4v) is 2.10. The first kappa shape index (κ1) is 14.0. The van der Waals surface area contributed by atoms with Gasteiger partial charge in [-0.15, -0.1) is 0 Å². The number of likely N-dealkylation sites (tertiary alicyclic amines) is 1. The smallest absolute Gasteiger partial charge is 0.306 e. The Labute approximate surface area is 102 Å². The molecule has 1 unspecified atom stereocenters. The van der Waals surface area contributed by atoms with Crippen molar-refractivity contribution in [2.24, 2.45) is 5.92 Å². The van der Waals surface area contributed by atoms with Crippen LogP contribution in [0.4, 0.5) is 0 Å². The van der Waals surface area contributed by atoms with Crippen molar-refractivity contribution in [3.63, 3.8) is 0 Å². The van der Waals surface area contributed by atoms with Crippen molar-refractivity contribution in [1.29, 1.82) is 0 Å². The summed E-state index contributed by atoms with van der Waals surface area (Å²) in [6.07, 6.45) is 2.21. The van der Waals surface area contributed by atoms with E-state index in [4.69, 9.17) is 5.11 Å². The minimum Gasteiger partial charge on any atom is -0.481 e. The first-order chi connectivity index (χ1) is 8.06. The third kappa shape index (κ3) is 4.00. The standard InChI is InChI=1S/C12H22N2O3/c1-3-6-13-11(15)9(2)14-7-4-10(5-8-14)12(16)17/h9-10H,3-8H2,1-2H3,(H,13,15)(H,16,17). The molecule has 1 heterocycles. The van der Waals surface area contributed by atoms with Gasteiger partial charge in [-0.3, -0.25) is 14.5 Å². The zero-order chi connectivity index (χ0) is 12.8. The number of nitrogens with zero attached hydrogens (tertiary/aromatic N) is 1. The summed E-state index contributed by atoms with van der Waals surface area (Å²) in [5.41, 5.74) is 0. The number of carboxylic acids is 1. The van der Waals surface area contributed by atoms with Crippen LogP contribution < -0.4 is 5.32 Å². The molecule has 0 spiro atoms. The SMILES string of the molecule is CCCNC(=O)C(C)N1CCC(C(=O)O)CC1. The van der Waals surface area contributed by atoms with Gasteiger partial charge in [0.1, 0.15) is 0 Å². The Kier molecular flexibility index (Phi) is 5.41. The van der Waals surface area contributed by atoms with E-state index in [1.807, 2.05) is 13.8 Å². The summed E-state index contributed by atoms with van der Waals surface area (Å²) in [4.78, 5) is 24.6. The molecule has 0 aliphatic carbocycles. The van der Waals surface area contributed by atoms with Crippen molar-refractivity contribution in [3.8, 4) is 0 Å². The second kappa shape index (κ2) is 6.59. The fraction of sp³-hybridized carbons (Fsp3) is 0.833. The monoisotopic (exact) mass is 242 g/mol. The van der Waals surface area contributed by atoms with E-state index < -0.39 is 5.97 Å². The molecule has 1 atom stereocenters. The van der Waals surface area contributed by atoms with Crippen molar-refractivity contribution in [3.05, 3.63) is 0 Å². The van der Waals surface area contributed by atoms with Crippen molar-refractivity contribution in [2.75, 3.05) is 19.6 Å². The van der Waals surface area contributed by atoms with Crippen LogP contribution in [0.3, 0.4) is 0 Å². The number of hydrogen-bond acceptors (Lipinski definition) is 3. The van der Waals surface area contributed by atoms with Crippen LogP contribution in [-0.2, 0) is 9.59 Å². The van der Waals surface area contributed by atoms with Gasteiger partial charge >= 0.3 is 5.97 Å². The minimum absolute atomic E-state index is 0.0422. The zero-order valence-electron chi connectivity index (χ0n) is 10.6. The largest absolute Gasteiger partial charge is 0.481 e. The highest BCUT2D eigenvalue weighted by Gasteiger charge is 2.29. The molecule has 1 rings (SSSR count). The molecule has 1 saturated heterocycles. The van der Waals surface area contributed by atoms with E-state index in [0.29, 0.717) is 32.5 Å². The van der Waals surface area contributed by atoms with Gasteiger partial charge in [0.05, 0.1) is 12.0 Å². The number of aliphatic carboxylic acids is 1. The third-order valence-corrected chi connectivity index (χ3v) is 3.36. The van der Waals surface area contributed by atoms with Crippen LogP contribution in [0.15, 0.2) is 0 Å². The molecule has 98 valence electrons. The number of piperidine rings is 1. The van der Waals surface area contributed by atoms with Gasteiger partial charge in [0.2, 0.25) is 5.91 Å². The number of amides is 1. The van der Waals surface area contributed by atoms with Crippen molar-refractivity contribution >= 4 is 11.9 Å². The summed E-state index contributed by atoms with van der Waals surface area (Å²) in [6.45, 7) is 5.99. The van der Waals surface area contributed by atoms with Crippen molar-refractivity contribution in [1.82, 2.24) is 10.2 Å². The minimum atomic E-state index is -0.715. The summed E-state index contributed by atoms with van der Waals surface area (Å²) in [7, 11) is 0. The molecule has 1 aliphatic rings. The lowest BCUT2D eigenvalue weighted by Crippen LogP contribution is -2.49. The van der Waals surface area contributed by atoms with Gasteiger partial charge in [-0.1, -0.05) is 6.92 Å². The number of carbonyl (C=O) groups is 2. The molecule has 5 heteroatoms. The van der Waals surface area contributed by atoms with E-state index in [1.54, 1.807) is 0 Å². The first-order valence-electron chi connectivity index (χ1n) is 6.30. The highest BCUT2D eigenvalue weighted by molar-refractivity contribution is 5.81. The molecule has 1 amide bonds. The van der Waals surface area contributed by atoms with Crippen LogP contribution in [-0.4, -0.2) is 47.6 Å². The number of nitrogens with one attached hydrogen (secondary N) is 1. The highest BCUT2D eigenvalue weighted by atomic mass is 16.4. The lowest BCUT2D eigenvalue weighted by Gasteiger charge is -2.33. The average Bonchev–Trinajstić information content (AvgIpc) is 2.35. The topological polar surface area (TPSA) is 69.6 Å². The van der Waals surface area contributed by atoms with E-state index in [2.05, 4.69) is 10.2 Å². The Hall–Kier alpha value is -1.10. The first-order valence-corrected chi connectivity index (χ1v) is 6.30. The van der Waals surface area contributed by atoms with Crippen LogP contribution in [0.25, 0.3) is 0 Å². The number of rotatable bonds is 5. The number of hydrogen-bond donors (Lipinski definition) is 2. The third-order valence-electron chi connectivity index (χ3n) is 3.36. The summed E-state index contributed by atoms with van der Waals surface area (Å²) >= 11 is 0. The Morgan fingerprint density at radius 1 is 1.41 bits per heavy atom. The molecule has 0 radical (unpaired) electrons. The maximum atomic E-state index is 11.7. The molecule has 2 N–H and O–H groups in total. The summed E-state index contributed by atoms with van der Waals surface area (Å²) in [5, 5.41) is 11.8. The Morgan fingerprint density at radius 2 is 2.00 bits per heavy atom. The second-order valence-electron chi connectivity index (χ2n) is 4.62. The lowest BCUT2D eigenvalue weighted by atomic mass is 9.96. The van der Waals surface area contributed by atoms with Gasteiger partial charge in [0.25, 0.3) is 0 Å². The molecule has 0 aromatic rings. The van der Waals surface area contributed by atoms with E-state index in [9.17, 15) is 9.59 Å². The van der Waals surface area contributed by atoms with Crippen LogP contribution in [0, 0.1) is 5.92 Å². The quantitative estimate of drug-likeness (QED) is 0.744. The van der Waals surface area contributed by atoms with Gasteiger partial charge in [-0.2, -0.15) is 0 Å². The van der Waals surface area contributed by atoms with Crippen molar-refractivity contribution in [2.45, 2.75) is 39.2 Å². The number of carboxylic acid groups (broad SMARTS) is 1. The van der Waals surface area contributed by atoms with E-state index in [1.165, 1.54) is 0 Å². The van der Waals surface area contributed by atoms with Gasteiger partial charge in [0.15, 0.2) is 0 Å². The van der Waals surface area contributed by atoms with Gasteiger partial charge in [-0.05, 0) is 39.3 Å². The predicted octanol–water partition coefficient (Wildman–Crippen LogP) is 0.698. The van der Waals surface area contributed by atoms with Crippen molar-refractivity contribution < 1.29 is 14.7 Å².